The standard InChI is InChI=1S/C17H18F3N3O4/c1-9-13(16(24)27-8-7-21)14(15(23(25)26)10(2)22-9)11-5-3-4-6-12(11)17(18,19)20/h3-6,14,22H,7-8,21H2,1-2H3/t14-/m1/s1. The van der Waals surface area contributed by atoms with E-state index in [-0.39, 0.29) is 30.1 Å². The van der Waals surface area contributed by atoms with Crippen LogP contribution in [-0.4, -0.2) is 24.0 Å². The molecule has 1 heterocycles. The molecule has 27 heavy (non-hydrogen) atoms. The van der Waals surface area contributed by atoms with E-state index in [9.17, 15) is 28.1 Å². The Kier molecular flexibility index (Phi) is 5.89. The van der Waals surface area contributed by atoms with Crippen molar-refractivity contribution < 1.29 is 27.6 Å². The highest BCUT2D eigenvalue weighted by atomic mass is 19.4. The second kappa shape index (κ2) is 7.78. The molecule has 0 radical (unpaired) electrons. The van der Waals surface area contributed by atoms with Crippen LogP contribution in [0.4, 0.5) is 13.2 Å². The van der Waals surface area contributed by atoms with Crippen LogP contribution in [0.2, 0.25) is 0 Å². The zero-order valence-corrected chi connectivity index (χ0v) is 14.6. The fourth-order valence-electron chi connectivity index (χ4n) is 3.03. The molecule has 1 atom stereocenters. The van der Waals surface area contributed by atoms with E-state index in [1.807, 2.05) is 0 Å². The minimum absolute atomic E-state index is 0.00621. The predicted octanol–water partition coefficient (Wildman–Crippen LogP) is 2.68. The molecule has 0 saturated heterocycles. The quantitative estimate of drug-likeness (QED) is 0.458. The summed E-state index contributed by atoms with van der Waals surface area (Å²) >= 11 is 0. The third-order valence-corrected chi connectivity index (χ3v) is 4.07. The first-order valence-electron chi connectivity index (χ1n) is 7.95. The van der Waals surface area contributed by atoms with Crippen molar-refractivity contribution in [3.63, 3.8) is 0 Å². The number of benzene rings is 1. The average Bonchev–Trinajstić information content (AvgIpc) is 2.57. The molecule has 0 spiro atoms. The maximum atomic E-state index is 13.5. The van der Waals surface area contributed by atoms with Crippen molar-refractivity contribution in [3.8, 4) is 0 Å². The third-order valence-electron chi connectivity index (χ3n) is 4.07. The molecule has 3 N–H and O–H groups in total. The number of nitrogens with zero attached hydrogens (tertiary/aromatic N) is 1. The van der Waals surface area contributed by atoms with Gasteiger partial charge in [0.25, 0.3) is 5.70 Å². The Morgan fingerprint density at radius 3 is 2.48 bits per heavy atom. The third kappa shape index (κ3) is 4.11. The maximum absolute atomic E-state index is 13.5. The SMILES string of the molecule is CC1=C(C(=O)OCCN)[C@@H](c2ccccc2C(F)(F)F)C([N+](=O)[O-])=C(C)N1. The number of esters is 1. The fraction of sp³-hybridized carbons (Fsp3) is 0.353. The average molecular weight is 385 g/mol. The number of halogens is 3. The Morgan fingerprint density at radius 2 is 1.93 bits per heavy atom. The van der Waals surface area contributed by atoms with Gasteiger partial charge in [-0.15, -0.1) is 0 Å². The Morgan fingerprint density at radius 1 is 1.30 bits per heavy atom. The van der Waals surface area contributed by atoms with Gasteiger partial charge in [-0.05, 0) is 25.5 Å². The van der Waals surface area contributed by atoms with Gasteiger partial charge in [-0.1, -0.05) is 18.2 Å². The number of dihydropyridines is 1. The molecule has 1 aliphatic rings. The smallest absolute Gasteiger partial charge is 0.416 e. The number of allylic oxidation sites excluding steroid dienone is 3. The number of nitro groups is 1. The number of nitrogens with two attached hydrogens (primary N) is 1. The molecule has 0 unspecified atom stereocenters. The number of rotatable bonds is 5. The van der Waals surface area contributed by atoms with Gasteiger partial charge >= 0.3 is 12.1 Å². The lowest BCUT2D eigenvalue weighted by molar-refractivity contribution is -0.431. The first-order chi connectivity index (χ1) is 12.6. The molecule has 0 bridgehead atoms. The highest BCUT2D eigenvalue weighted by Gasteiger charge is 2.45. The fourth-order valence-corrected chi connectivity index (χ4v) is 3.03. The normalized spacial score (nSPS) is 17.6. The van der Waals surface area contributed by atoms with E-state index in [0.717, 1.165) is 12.1 Å². The van der Waals surface area contributed by atoms with Crippen LogP contribution >= 0.6 is 0 Å². The van der Waals surface area contributed by atoms with E-state index >= 15 is 0 Å². The monoisotopic (exact) mass is 385 g/mol. The van der Waals surface area contributed by atoms with Crippen molar-refractivity contribution in [1.82, 2.24) is 5.32 Å². The summed E-state index contributed by atoms with van der Waals surface area (Å²) in [4.78, 5) is 23.3. The molecule has 1 aliphatic heterocycles. The lowest BCUT2D eigenvalue weighted by atomic mass is 9.81. The summed E-state index contributed by atoms with van der Waals surface area (Å²) in [6.45, 7) is 2.65. The summed E-state index contributed by atoms with van der Waals surface area (Å²) in [6, 6.07) is 4.46. The molecule has 1 aromatic carbocycles. The van der Waals surface area contributed by atoms with Crippen molar-refractivity contribution in [1.29, 1.82) is 0 Å². The van der Waals surface area contributed by atoms with Gasteiger partial charge in [-0.2, -0.15) is 13.2 Å². The second-order valence-corrected chi connectivity index (χ2v) is 5.87. The molecule has 0 amide bonds. The lowest BCUT2D eigenvalue weighted by Gasteiger charge is -2.28. The topological polar surface area (TPSA) is 107 Å². The number of hydrogen-bond donors (Lipinski definition) is 2. The predicted molar refractivity (Wildman–Crippen MR) is 89.7 cm³/mol. The molecule has 0 aromatic heterocycles. The number of ether oxygens (including phenoxy) is 1. The van der Waals surface area contributed by atoms with Crippen LogP contribution in [0.5, 0.6) is 0 Å². The van der Waals surface area contributed by atoms with E-state index in [0.29, 0.717) is 0 Å². The molecular formula is C17H18F3N3O4. The van der Waals surface area contributed by atoms with Crippen molar-refractivity contribution >= 4 is 5.97 Å². The first kappa shape index (κ1) is 20.4. The van der Waals surface area contributed by atoms with Gasteiger partial charge < -0.3 is 15.8 Å². The Labute approximate surface area is 152 Å². The highest BCUT2D eigenvalue weighted by Crippen LogP contribution is 2.44. The van der Waals surface area contributed by atoms with Crippen molar-refractivity contribution in [2.45, 2.75) is 25.9 Å². The van der Waals surface area contributed by atoms with Crippen LogP contribution < -0.4 is 11.1 Å². The van der Waals surface area contributed by atoms with Crippen LogP contribution in [0.15, 0.2) is 46.9 Å². The summed E-state index contributed by atoms with van der Waals surface area (Å²) in [5, 5.41) is 14.3. The summed E-state index contributed by atoms with van der Waals surface area (Å²) in [5.41, 5.74) is 3.28. The molecule has 10 heteroatoms. The van der Waals surface area contributed by atoms with Crippen LogP contribution in [0.1, 0.15) is 30.9 Å². The van der Waals surface area contributed by atoms with Gasteiger partial charge in [-0.3, -0.25) is 10.1 Å². The van der Waals surface area contributed by atoms with E-state index in [1.165, 1.54) is 26.0 Å². The zero-order valence-electron chi connectivity index (χ0n) is 14.6. The number of carbonyl (C=O) groups excluding carboxylic acids is 1. The van der Waals surface area contributed by atoms with E-state index in [2.05, 4.69) is 5.32 Å². The van der Waals surface area contributed by atoms with Gasteiger partial charge in [0.1, 0.15) is 12.5 Å². The maximum Gasteiger partial charge on any atom is 0.416 e. The van der Waals surface area contributed by atoms with Crippen molar-refractivity contribution in [3.05, 3.63) is 68.2 Å². The van der Waals surface area contributed by atoms with Crippen LogP contribution in [0, 0.1) is 10.1 Å². The lowest BCUT2D eigenvalue weighted by Crippen LogP contribution is -2.33. The minimum atomic E-state index is -4.75. The van der Waals surface area contributed by atoms with Gasteiger partial charge in [-0.25, -0.2) is 4.79 Å². The zero-order chi connectivity index (χ0) is 20.4. The molecule has 146 valence electrons. The Balaban J connectivity index is 2.74. The molecule has 2 rings (SSSR count). The van der Waals surface area contributed by atoms with E-state index in [4.69, 9.17) is 10.5 Å². The largest absolute Gasteiger partial charge is 0.461 e. The van der Waals surface area contributed by atoms with Gasteiger partial charge in [0, 0.05) is 12.2 Å². The number of alkyl halides is 3. The van der Waals surface area contributed by atoms with Crippen LogP contribution in [0.25, 0.3) is 0 Å². The number of carbonyl (C=O) groups is 1. The second-order valence-electron chi connectivity index (χ2n) is 5.87. The molecule has 0 fully saturated rings. The van der Waals surface area contributed by atoms with Gasteiger partial charge in [0.05, 0.1) is 21.8 Å². The molecule has 1 aromatic rings. The van der Waals surface area contributed by atoms with Crippen molar-refractivity contribution in [2.75, 3.05) is 13.2 Å². The highest BCUT2D eigenvalue weighted by molar-refractivity contribution is 5.92. The van der Waals surface area contributed by atoms with Crippen LogP contribution in [-0.2, 0) is 15.7 Å². The molecule has 0 aliphatic carbocycles. The number of hydrogen-bond acceptors (Lipinski definition) is 6. The first-order valence-corrected chi connectivity index (χ1v) is 7.95. The van der Waals surface area contributed by atoms with Gasteiger partial charge in [0.2, 0.25) is 0 Å². The van der Waals surface area contributed by atoms with E-state index in [1.54, 1.807) is 0 Å². The Hall–Kier alpha value is -2.88. The van der Waals surface area contributed by atoms with E-state index < -0.39 is 39.8 Å². The molecule has 0 saturated carbocycles. The van der Waals surface area contributed by atoms with Crippen LogP contribution in [0.3, 0.4) is 0 Å². The van der Waals surface area contributed by atoms with Crippen molar-refractivity contribution in [2.24, 2.45) is 5.73 Å². The summed E-state index contributed by atoms with van der Waals surface area (Å²) < 4.78 is 45.5. The van der Waals surface area contributed by atoms with Gasteiger partial charge in [0.15, 0.2) is 0 Å². The minimum Gasteiger partial charge on any atom is -0.461 e. The molecule has 7 nitrogen and oxygen atoms in total. The molecular weight excluding hydrogens is 367 g/mol. The summed E-state index contributed by atoms with van der Waals surface area (Å²) in [5.74, 6) is -2.50. The summed E-state index contributed by atoms with van der Waals surface area (Å²) in [6.07, 6.45) is -4.75. The summed E-state index contributed by atoms with van der Waals surface area (Å²) in [7, 11) is 0. The number of nitrogens with one attached hydrogen (secondary N) is 1. The Bertz CT molecular complexity index is 831.